The Balaban J connectivity index is 1.60. The zero-order chi connectivity index (χ0) is 25.0. The number of nitrogens with one attached hydrogen (secondary N) is 2. The molecule has 0 aliphatic carbocycles. The van der Waals surface area contributed by atoms with Gasteiger partial charge in [0.15, 0.2) is 17.8 Å². The molecule has 6 unspecified atom stereocenters. The second-order valence-electron chi connectivity index (χ2n) is 9.01. The molecule has 0 saturated carbocycles. The highest BCUT2D eigenvalue weighted by atomic mass is 31.2. The number of ether oxygens (including phenoxy) is 2. The molecular formula is C19H30FN7O6P+. The molecule has 0 amide bonds. The van der Waals surface area contributed by atoms with Crippen LogP contribution in [0.2, 0.25) is 0 Å². The molecule has 34 heavy (non-hydrogen) atoms. The van der Waals surface area contributed by atoms with Crippen LogP contribution in [-0.2, 0) is 27.9 Å². The van der Waals surface area contributed by atoms with Crippen molar-refractivity contribution in [2.75, 3.05) is 31.3 Å². The van der Waals surface area contributed by atoms with E-state index in [1.807, 2.05) is 0 Å². The highest BCUT2D eigenvalue weighted by Crippen LogP contribution is 2.56. The van der Waals surface area contributed by atoms with Gasteiger partial charge < -0.3 is 20.1 Å². The third kappa shape index (κ3) is 4.36. The number of halogens is 1. The summed E-state index contributed by atoms with van der Waals surface area (Å²) in [6, 6.07) is -0.999. The maximum atomic E-state index is 16.2. The van der Waals surface area contributed by atoms with Crippen LogP contribution in [0.25, 0.3) is 11.2 Å². The molecule has 2 aromatic rings. The van der Waals surface area contributed by atoms with E-state index < -0.39 is 43.9 Å². The lowest BCUT2D eigenvalue weighted by Crippen LogP contribution is -2.52. The van der Waals surface area contributed by atoms with Gasteiger partial charge in [-0.15, -0.1) is 0 Å². The summed E-state index contributed by atoms with van der Waals surface area (Å²) in [5.41, 5.74) is 4.59. The van der Waals surface area contributed by atoms with Gasteiger partial charge in [0, 0.05) is 14.1 Å². The van der Waals surface area contributed by atoms with Gasteiger partial charge >= 0.3 is 19.4 Å². The van der Waals surface area contributed by atoms with Crippen molar-refractivity contribution in [1.29, 1.82) is 0 Å². The minimum Gasteiger partial charge on any atom is -0.462 e. The molecule has 0 spiro atoms. The first-order valence-electron chi connectivity index (χ1n) is 10.8. The molecule has 188 valence electrons. The smallest absolute Gasteiger partial charge is 0.406 e. The minimum atomic E-state index is -4.04. The van der Waals surface area contributed by atoms with E-state index >= 15 is 4.39 Å². The van der Waals surface area contributed by atoms with Crippen molar-refractivity contribution in [3.63, 3.8) is 0 Å². The maximum Gasteiger partial charge on any atom is 0.406 e. The van der Waals surface area contributed by atoms with E-state index in [9.17, 15) is 9.36 Å². The van der Waals surface area contributed by atoms with Crippen LogP contribution >= 0.6 is 7.75 Å². The highest BCUT2D eigenvalue weighted by Gasteiger charge is 2.63. The second-order valence-corrected chi connectivity index (χ2v) is 10.7. The molecule has 2 fully saturated rings. The molecule has 6 atom stereocenters. The predicted octanol–water partition coefficient (Wildman–Crippen LogP) is 0.972. The Morgan fingerprint density at radius 1 is 1.44 bits per heavy atom. The predicted molar refractivity (Wildman–Crippen MR) is 119 cm³/mol. The van der Waals surface area contributed by atoms with E-state index in [0.29, 0.717) is 17.0 Å². The van der Waals surface area contributed by atoms with Gasteiger partial charge in [-0.05, 0) is 27.7 Å². The number of rotatable bonds is 6. The van der Waals surface area contributed by atoms with Crippen molar-refractivity contribution in [3.05, 3.63) is 6.33 Å². The van der Waals surface area contributed by atoms with Crippen LogP contribution in [0.5, 0.6) is 0 Å². The summed E-state index contributed by atoms with van der Waals surface area (Å²) < 4.78 is 52.9. The molecule has 15 heteroatoms. The highest BCUT2D eigenvalue weighted by molar-refractivity contribution is 7.51. The fraction of sp³-hybridized carbons (Fsp3) is 0.684. The molecule has 0 radical (unpaired) electrons. The van der Waals surface area contributed by atoms with Gasteiger partial charge in [-0.25, -0.2) is 18.6 Å². The molecule has 4 rings (SSSR count). The lowest BCUT2D eigenvalue weighted by atomic mass is 9.98. The number of anilines is 2. The number of nitrogens with two attached hydrogens (primary N) is 1. The van der Waals surface area contributed by atoms with E-state index in [4.69, 9.17) is 24.3 Å². The average molecular weight is 502 g/mol. The molecule has 4 N–H and O–H groups in total. The summed E-state index contributed by atoms with van der Waals surface area (Å²) in [6.45, 7) is 5.92. The van der Waals surface area contributed by atoms with Crippen LogP contribution in [-0.4, -0.2) is 71.6 Å². The number of hydrogen-bond acceptors (Lipinski definition) is 10. The monoisotopic (exact) mass is 502 g/mol. The summed E-state index contributed by atoms with van der Waals surface area (Å²) >= 11 is 0. The first-order chi connectivity index (χ1) is 15.8. The number of carbonyl (C=O) groups is 1. The van der Waals surface area contributed by atoms with Crippen molar-refractivity contribution >= 4 is 36.6 Å². The Kier molecular flexibility index (Phi) is 6.32. The van der Waals surface area contributed by atoms with Gasteiger partial charge in [0.1, 0.15) is 18.2 Å². The molecule has 2 aliphatic heterocycles. The SMILES string of the molecule is CC(C)OC(=O)C(C)NP1(=O)OCC2OC([n+]3c[nH]c4c(N(C)C)nc(N)nc43)C(C)(F)C2O1. The molecule has 0 aromatic carbocycles. The van der Waals surface area contributed by atoms with Gasteiger partial charge in [-0.1, -0.05) is 4.98 Å². The van der Waals surface area contributed by atoms with Crippen LogP contribution < -0.4 is 20.3 Å². The number of alkyl halides is 1. The Bertz CT molecular complexity index is 1140. The normalized spacial score (nSPS) is 32.1. The second kappa shape index (κ2) is 8.68. The number of nitrogen functional groups attached to an aromatic ring is 1. The number of esters is 1. The van der Waals surface area contributed by atoms with E-state index in [2.05, 4.69) is 20.0 Å². The lowest BCUT2D eigenvalue weighted by Gasteiger charge is -2.34. The number of aromatic amines is 1. The van der Waals surface area contributed by atoms with Gasteiger partial charge in [0.25, 0.3) is 5.95 Å². The Morgan fingerprint density at radius 2 is 2.15 bits per heavy atom. The third-order valence-electron chi connectivity index (χ3n) is 5.56. The van der Waals surface area contributed by atoms with Crippen LogP contribution in [0.15, 0.2) is 6.33 Å². The Hall–Kier alpha value is -2.38. The number of nitrogens with zero attached hydrogens (tertiary/aromatic N) is 4. The average Bonchev–Trinajstić information content (AvgIpc) is 3.24. The number of H-pyrrole nitrogens is 1. The zero-order valence-electron chi connectivity index (χ0n) is 19.8. The minimum absolute atomic E-state index is 0.0103. The quantitative estimate of drug-likeness (QED) is 0.294. The summed E-state index contributed by atoms with van der Waals surface area (Å²) in [6.07, 6.45) is -2.14. The number of hydrogen-bond donors (Lipinski definition) is 3. The summed E-state index contributed by atoms with van der Waals surface area (Å²) in [7, 11) is -0.454. The van der Waals surface area contributed by atoms with Gasteiger partial charge in [0.05, 0.1) is 12.7 Å². The molecule has 13 nitrogen and oxygen atoms in total. The largest absolute Gasteiger partial charge is 0.462 e. The van der Waals surface area contributed by atoms with Gasteiger partial charge in [0.2, 0.25) is 11.7 Å². The topological polar surface area (TPSA) is 158 Å². The van der Waals surface area contributed by atoms with E-state index in [1.54, 1.807) is 32.8 Å². The van der Waals surface area contributed by atoms with Crippen LogP contribution in [0.1, 0.15) is 33.9 Å². The zero-order valence-corrected chi connectivity index (χ0v) is 20.7. The number of imidazole rings is 1. The number of aromatic nitrogens is 4. The molecule has 2 aliphatic rings. The molecular weight excluding hydrogens is 472 g/mol. The third-order valence-corrected chi connectivity index (χ3v) is 7.25. The van der Waals surface area contributed by atoms with Gasteiger partial charge in [-0.2, -0.15) is 4.98 Å². The lowest BCUT2D eigenvalue weighted by molar-refractivity contribution is -0.749. The number of fused-ring (bicyclic) bond motifs is 2. The van der Waals surface area contributed by atoms with Crippen LogP contribution in [0, 0.1) is 0 Å². The van der Waals surface area contributed by atoms with Crippen molar-refractivity contribution < 1.29 is 36.8 Å². The number of carbonyl (C=O) groups excluding carboxylic acids is 1. The molecule has 0 bridgehead atoms. The first-order valence-corrected chi connectivity index (χ1v) is 12.4. The van der Waals surface area contributed by atoms with Crippen molar-refractivity contribution in [2.45, 2.75) is 63.9 Å². The summed E-state index contributed by atoms with van der Waals surface area (Å²) in [5, 5.41) is 2.52. The van der Waals surface area contributed by atoms with E-state index in [0.717, 1.165) is 0 Å². The van der Waals surface area contributed by atoms with Crippen LogP contribution in [0.4, 0.5) is 16.2 Å². The fourth-order valence-corrected chi connectivity index (χ4v) is 5.78. The molecule has 4 heterocycles. The Morgan fingerprint density at radius 3 is 2.79 bits per heavy atom. The molecule has 2 aromatic heterocycles. The van der Waals surface area contributed by atoms with Crippen molar-refractivity contribution in [2.24, 2.45) is 0 Å². The van der Waals surface area contributed by atoms with Gasteiger partial charge in [-0.3, -0.25) is 18.8 Å². The molecule has 2 saturated heterocycles. The van der Waals surface area contributed by atoms with Crippen molar-refractivity contribution in [3.8, 4) is 0 Å². The summed E-state index contributed by atoms with van der Waals surface area (Å²) in [5.74, 6) is -0.102. The maximum absolute atomic E-state index is 16.2. The standard InChI is InChI=1S/C19H29FN7O6P/c1-9(2)31-16(28)10(3)25-34(29)30-7-11-13(33-34)19(4,20)17(32-11)27-8-22-12-14(26(5)6)23-18(21)24-15(12)27/h8-11,13,17H,7H2,1-6H3,(H3,21,23,24,25,29)/p+1. The summed E-state index contributed by atoms with van der Waals surface area (Å²) in [4.78, 5) is 25.4. The van der Waals surface area contributed by atoms with E-state index in [-0.39, 0.29) is 18.7 Å². The van der Waals surface area contributed by atoms with Crippen molar-refractivity contribution in [1.82, 2.24) is 20.0 Å². The van der Waals surface area contributed by atoms with E-state index in [1.165, 1.54) is 24.7 Å². The Labute approximate surface area is 195 Å². The fourth-order valence-electron chi connectivity index (χ4n) is 4.02. The first kappa shape index (κ1) is 24.7. The van der Waals surface area contributed by atoms with Crippen LogP contribution in [0.3, 0.4) is 0 Å².